The second kappa shape index (κ2) is 11.0. The monoisotopic (exact) mass is 443 g/mol. The van der Waals surface area contributed by atoms with Gasteiger partial charge in [-0.05, 0) is 50.1 Å². The Labute approximate surface area is 186 Å². The predicted molar refractivity (Wildman–Crippen MR) is 116 cm³/mol. The molecular weight excluding hydrogens is 416 g/mol. The van der Waals surface area contributed by atoms with Crippen molar-refractivity contribution in [2.24, 2.45) is 0 Å². The third kappa shape index (κ3) is 5.59. The maximum absolute atomic E-state index is 15.0. The maximum atomic E-state index is 15.0. The van der Waals surface area contributed by atoms with E-state index in [1.807, 2.05) is 30.3 Å². The highest BCUT2D eigenvalue weighted by molar-refractivity contribution is 6.24. The van der Waals surface area contributed by atoms with Crippen LogP contribution in [0.25, 0.3) is 0 Å². The maximum Gasteiger partial charge on any atom is 0.345 e. The number of esters is 1. The Morgan fingerprint density at radius 1 is 1.09 bits per heavy atom. The average Bonchev–Trinajstić information content (AvgIpc) is 3.24. The molecule has 0 amide bonds. The topological polar surface area (TPSA) is 55.8 Å². The van der Waals surface area contributed by atoms with E-state index in [2.05, 4.69) is 4.90 Å². The molecule has 1 saturated heterocycles. The van der Waals surface area contributed by atoms with Crippen LogP contribution in [-0.4, -0.2) is 43.0 Å². The number of carbonyl (C=O) groups is 2. The lowest BCUT2D eigenvalue weighted by atomic mass is 9.94. The van der Waals surface area contributed by atoms with Gasteiger partial charge in [-0.25, -0.2) is 13.6 Å². The van der Waals surface area contributed by atoms with E-state index in [4.69, 9.17) is 9.47 Å². The first kappa shape index (κ1) is 23.6. The normalized spacial score (nSPS) is 16.8. The number of Topliss-reactive ketones (excluding diaryl/α,β-unsaturated/α-hetero) is 1. The van der Waals surface area contributed by atoms with Gasteiger partial charge in [0.2, 0.25) is 5.78 Å². The van der Waals surface area contributed by atoms with Crippen molar-refractivity contribution in [3.05, 3.63) is 82.6 Å². The van der Waals surface area contributed by atoms with E-state index in [0.717, 1.165) is 37.0 Å². The first-order valence-electron chi connectivity index (χ1n) is 10.7. The van der Waals surface area contributed by atoms with Crippen LogP contribution in [0.4, 0.5) is 8.78 Å². The van der Waals surface area contributed by atoms with Crippen molar-refractivity contribution >= 4 is 11.8 Å². The van der Waals surface area contributed by atoms with Crippen LogP contribution >= 0.6 is 0 Å². The van der Waals surface area contributed by atoms with Crippen LogP contribution in [0.5, 0.6) is 0 Å². The van der Waals surface area contributed by atoms with Gasteiger partial charge in [0.1, 0.15) is 23.5 Å². The zero-order valence-electron chi connectivity index (χ0n) is 18.3. The molecule has 1 atom stereocenters. The van der Waals surface area contributed by atoms with Gasteiger partial charge in [0, 0.05) is 19.0 Å². The van der Waals surface area contributed by atoms with Gasteiger partial charge in [-0.2, -0.15) is 0 Å². The predicted octanol–water partition coefficient (Wildman–Crippen LogP) is 4.62. The van der Waals surface area contributed by atoms with E-state index < -0.39 is 34.5 Å². The quantitative estimate of drug-likeness (QED) is 0.141. The molecule has 0 N–H and O–H groups in total. The smallest absolute Gasteiger partial charge is 0.345 e. The molecule has 2 aromatic carbocycles. The summed E-state index contributed by atoms with van der Waals surface area (Å²) in [6.07, 6.45) is 1.62. The third-order valence-corrected chi connectivity index (χ3v) is 5.40. The highest BCUT2D eigenvalue weighted by Gasteiger charge is 2.30. The van der Waals surface area contributed by atoms with Crippen LogP contribution in [0, 0.1) is 11.6 Å². The van der Waals surface area contributed by atoms with Gasteiger partial charge < -0.3 is 9.47 Å². The van der Waals surface area contributed by atoms with E-state index >= 15 is 0 Å². The summed E-state index contributed by atoms with van der Waals surface area (Å²) < 4.78 is 39.7. The van der Waals surface area contributed by atoms with Crippen molar-refractivity contribution < 1.29 is 27.8 Å². The molecule has 32 heavy (non-hydrogen) atoms. The molecule has 0 spiro atoms. The number of rotatable bonds is 9. The summed E-state index contributed by atoms with van der Waals surface area (Å²) >= 11 is 0. The fourth-order valence-corrected chi connectivity index (χ4v) is 3.84. The molecule has 0 saturated carbocycles. The first-order chi connectivity index (χ1) is 15.4. The molecule has 0 aliphatic carbocycles. The molecule has 1 aliphatic heterocycles. The molecule has 0 bridgehead atoms. The Hall–Kier alpha value is -3.06. The lowest BCUT2D eigenvalue weighted by Crippen LogP contribution is -2.20. The number of carbonyl (C=O) groups excluding carboxylic acids is 2. The SMILES string of the molecule is CCO/C=C(/C(=O)OCC)C(=O)c1cc(F)c(C2CCN(Cc3ccccc3)C2)cc1F. The molecule has 1 aliphatic rings. The van der Waals surface area contributed by atoms with Crippen LogP contribution in [0.1, 0.15) is 47.7 Å². The average molecular weight is 443 g/mol. The molecule has 170 valence electrons. The van der Waals surface area contributed by atoms with Crippen LogP contribution < -0.4 is 0 Å². The van der Waals surface area contributed by atoms with Gasteiger partial charge in [-0.3, -0.25) is 9.69 Å². The minimum atomic E-state index is -0.975. The molecule has 1 unspecified atom stereocenters. The van der Waals surface area contributed by atoms with E-state index in [0.29, 0.717) is 13.0 Å². The van der Waals surface area contributed by atoms with E-state index in [1.165, 1.54) is 0 Å². The van der Waals surface area contributed by atoms with Crippen molar-refractivity contribution in [2.45, 2.75) is 32.7 Å². The Morgan fingerprint density at radius 2 is 1.84 bits per heavy atom. The summed E-state index contributed by atoms with van der Waals surface area (Å²) in [4.78, 5) is 27.1. The third-order valence-electron chi connectivity index (χ3n) is 5.40. The molecule has 2 aromatic rings. The van der Waals surface area contributed by atoms with Gasteiger partial charge >= 0.3 is 5.97 Å². The second-order valence-electron chi connectivity index (χ2n) is 7.60. The van der Waals surface area contributed by atoms with Gasteiger partial charge in [-0.15, -0.1) is 0 Å². The van der Waals surface area contributed by atoms with Crippen molar-refractivity contribution in [3.63, 3.8) is 0 Å². The Kier molecular flexibility index (Phi) is 8.11. The second-order valence-corrected chi connectivity index (χ2v) is 7.60. The molecule has 3 rings (SSSR count). The summed E-state index contributed by atoms with van der Waals surface area (Å²) in [5, 5.41) is 0. The highest BCUT2D eigenvalue weighted by atomic mass is 19.1. The fraction of sp³-hybridized carbons (Fsp3) is 0.360. The lowest BCUT2D eigenvalue weighted by molar-refractivity contribution is -0.138. The van der Waals surface area contributed by atoms with Crippen LogP contribution in [0.3, 0.4) is 0 Å². The Morgan fingerprint density at radius 3 is 2.53 bits per heavy atom. The highest BCUT2D eigenvalue weighted by Crippen LogP contribution is 2.32. The van der Waals surface area contributed by atoms with Gasteiger partial charge in [0.25, 0.3) is 0 Å². The van der Waals surface area contributed by atoms with Crippen molar-refractivity contribution in [1.29, 1.82) is 0 Å². The molecule has 1 heterocycles. The van der Waals surface area contributed by atoms with E-state index in [-0.39, 0.29) is 24.7 Å². The molecular formula is C25H27F2NO4. The van der Waals surface area contributed by atoms with E-state index in [9.17, 15) is 18.4 Å². The zero-order valence-corrected chi connectivity index (χ0v) is 18.3. The number of ketones is 1. The van der Waals surface area contributed by atoms with Crippen LogP contribution in [-0.2, 0) is 20.8 Å². The first-order valence-corrected chi connectivity index (χ1v) is 10.7. The minimum absolute atomic E-state index is 0.0342. The number of likely N-dealkylation sites (tertiary alicyclic amines) is 1. The van der Waals surface area contributed by atoms with Crippen molar-refractivity contribution in [2.75, 3.05) is 26.3 Å². The molecule has 1 fully saturated rings. The fourth-order valence-electron chi connectivity index (χ4n) is 3.84. The van der Waals surface area contributed by atoms with E-state index in [1.54, 1.807) is 13.8 Å². The Bertz CT molecular complexity index is 991. The minimum Gasteiger partial charge on any atom is -0.500 e. The molecule has 0 radical (unpaired) electrons. The summed E-state index contributed by atoms with van der Waals surface area (Å²) in [6.45, 7) is 5.59. The zero-order chi connectivity index (χ0) is 23.1. The number of benzene rings is 2. The number of halogens is 2. The summed E-state index contributed by atoms with van der Waals surface area (Å²) in [7, 11) is 0. The summed E-state index contributed by atoms with van der Waals surface area (Å²) in [5.74, 6) is -3.64. The molecule has 0 aromatic heterocycles. The number of hydrogen-bond donors (Lipinski definition) is 0. The summed E-state index contributed by atoms with van der Waals surface area (Å²) in [6, 6.07) is 11.9. The summed E-state index contributed by atoms with van der Waals surface area (Å²) in [5.41, 5.74) is 0.397. The van der Waals surface area contributed by atoms with Gasteiger partial charge in [0.15, 0.2) is 0 Å². The van der Waals surface area contributed by atoms with Gasteiger partial charge in [0.05, 0.1) is 18.8 Å². The standard InChI is InChI=1S/C25H27F2NO4/c1-3-31-16-21(25(30)32-4-2)24(29)20-13-22(26)19(12-23(20)27)18-10-11-28(15-18)14-17-8-6-5-7-9-17/h5-9,12-13,16,18H,3-4,10-11,14-15H2,1-2H3/b21-16+. The van der Waals surface area contributed by atoms with Crippen molar-refractivity contribution in [1.82, 2.24) is 4.90 Å². The Balaban J connectivity index is 1.78. The number of nitrogens with zero attached hydrogens (tertiary/aromatic N) is 1. The lowest BCUT2D eigenvalue weighted by Gasteiger charge is -2.17. The van der Waals surface area contributed by atoms with Crippen LogP contribution in [0.15, 0.2) is 54.3 Å². The molecule has 5 nitrogen and oxygen atoms in total. The van der Waals surface area contributed by atoms with Gasteiger partial charge in [-0.1, -0.05) is 30.3 Å². The number of hydrogen-bond acceptors (Lipinski definition) is 5. The largest absolute Gasteiger partial charge is 0.500 e. The van der Waals surface area contributed by atoms with Crippen LogP contribution in [0.2, 0.25) is 0 Å². The molecule has 7 heteroatoms. The number of ether oxygens (including phenoxy) is 2. The van der Waals surface area contributed by atoms with Crippen molar-refractivity contribution in [3.8, 4) is 0 Å².